The largest absolute Gasteiger partial charge is 0.496 e. The second kappa shape index (κ2) is 8.07. The van der Waals surface area contributed by atoms with Crippen molar-refractivity contribution in [3.8, 4) is 5.75 Å². The lowest BCUT2D eigenvalue weighted by Gasteiger charge is -2.12. The lowest BCUT2D eigenvalue weighted by atomic mass is 10.1. The zero-order chi connectivity index (χ0) is 15.8. The molecule has 0 atom stereocenters. The Morgan fingerprint density at radius 2 is 2.18 bits per heavy atom. The molecule has 0 fully saturated rings. The van der Waals surface area contributed by atoms with Crippen LogP contribution in [0.25, 0.3) is 0 Å². The van der Waals surface area contributed by atoms with Crippen LogP contribution in [-0.2, 0) is 13.0 Å². The normalized spacial score (nSPS) is 11.3. The number of nitrogens with zero attached hydrogens (tertiary/aromatic N) is 2. The van der Waals surface area contributed by atoms with Gasteiger partial charge >= 0.3 is 0 Å². The van der Waals surface area contributed by atoms with Gasteiger partial charge in [-0.25, -0.2) is 0 Å². The molecular formula is C16H22N4O2. The summed E-state index contributed by atoms with van der Waals surface area (Å²) < 4.78 is 10.1. The van der Waals surface area contributed by atoms with Gasteiger partial charge in [0.2, 0.25) is 0 Å². The molecule has 2 rings (SSSR count). The van der Waals surface area contributed by atoms with Gasteiger partial charge in [-0.3, -0.25) is 4.99 Å². The minimum Gasteiger partial charge on any atom is -0.496 e. The van der Waals surface area contributed by atoms with Crippen molar-refractivity contribution in [3.05, 3.63) is 47.3 Å². The molecule has 0 spiro atoms. The Morgan fingerprint density at radius 1 is 1.32 bits per heavy atom. The molecule has 1 heterocycles. The Bertz CT molecular complexity index is 609. The number of nitrogens with one attached hydrogen (secondary N) is 2. The van der Waals surface area contributed by atoms with Crippen molar-refractivity contribution in [1.29, 1.82) is 0 Å². The molecule has 0 radical (unpaired) electrons. The molecule has 0 aliphatic carbocycles. The fourth-order valence-corrected chi connectivity index (χ4v) is 2.07. The average molecular weight is 302 g/mol. The van der Waals surface area contributed by atoms with E-state index < -0.39 is 0 Å². The zero-order valence-electron chi connectivity index (χ0n) is 13.2. The second-order valence-corrected chi connectivity index (χ2v) is 4.90. The van der Waals surface area contributed by atoms with Crippen molar-refractivity contribution in [2.45, 2.75) is 19.9 Å². The SMILES string of the molecule is CN=C(NCCc1ccc(C)c(OC)c1)NCc1ccon1. The summed E-state index contributed by atoms with van der Waals surface area (Å²) in [4.78, 5) is 4.18. The van der Waals surface area contributed by atoms with Gasteiger partial charge in [0.15, 0.2) is 5.96 Å². The summed E-state index contributed by atoms with van der Waals surface area (Å²) in [5.41, 5.74) is 3.21. The Kier molecular flexibility index (Phi) is 5.82. The molecule has 0 saturated carbocycles. The van der Waals surface area contributed by atoms with Crippen molar-refractivity contribution >= 4 is 5.96 Å². The van der Waals surface area contributed by atoms with Crippen molar-refractivity contribution in [2.75, 3.05) is 20.7 Å². The van der Waals surface area contributed by atoms with Crippen LogP contribution in [0.2, 0.25) is 0 Å². The van der Waals surface area contributed by atoms with Crippen LogP contribution >= 0.6 is 0 Å². The van der Waals surface area contributed by atoms with Crippen LogP contribution in [0.1, 0.15) is 16.8 Å². The minimum atomic E-state index is 0.578. The van der Waals surface area contributed by atoms with Gasteiger partial charge in [-0.05, 0) is 30.5 Å². The number of aliphatic imine (C=N–C) groups is 1. The van der Waals surface area contributed by atoms with E-state index in [9.17, 15) is 0 Å². The fourth-order valence-electron chi connectivity index (χ4n) is 2.07. The first-order valence-corrected chi connectivity index (χ1v) is 7.20. The summed E-state index contributed by atoms with van der Waals surface area (Å²) in [5.74, 6) is 1.66. The highest BCUT2D eigenvalue weighted by atomic mass is 16.5. The van der Waals surface area contributed by atoms with E-state index in [4.69, 9.17) is 9.26 Å². The van der Waals surface area contributed by atoms with Crippen molar-refractivity contribution < 1.29 is 9.26 Å². The summed E-state index contributed by atoms with van der Waals surface area (Å²) in [6, 6.07) is 8.08. The first kappa shape index (κ1) is 15.9. The van der Waals surface area contributed by atoms with Gasteiger partial charge in [-0.1, -0.05) is 17.3 Å². The lowest BCUT2D eigenvalue weighted by molar-refractivity contribution is 0.410. The Labute approximate surface area is 130 Å². The van der Waals surface area contributed by atoms with Crippen molar-refractivity contribution in [3.63, 3.8) is 0 Å². The number of ether oxygens (including phenoxy) is 1. The maximum atomic E-state index is 5.34. The summed E-state index contributed by atoms with van der Waals surface area (Å²) >= 11 is 0. The van der Waals surface area contributed by atoms with Crippen molar-refractivity contribution in [2.24, 2.45) is 4.99 Å². The van der Waals surface area contributed by atoms with Gasteiger partial charge in [-0.2, -0.15) is 0 Å². The number of guanidine groups is 1. The minimum absolute atomic E-state index is 0.578. The number of methoxy groups -OCH3 is 1. The van der Waals surface area contributed by atoms with E-state index in [1.165, 1.54) is 5.56 Å². The van der Waals surface area contributed by atoms with Gasteiger partial charge in [0.1, 0.15) is 17.7 Å². The van der Waals surface area contributed by atoms with Crippen LogP contribution in [-0.4, -0.2) is 31.8 Å². The van der Waals surface area contributed by atoms with Crippen LogP contribution in [0.4, 0.5) is 0 Å². The number of rotatable bonds is 6. The molecule has 6 heteroatoms. The van der Waals surface area contributed by atoms with Gasteiger partial charge < -0.3 is 19.9 Å². The number of benzene rings is 1. The van der Waals surface area contributed by atoms with Gasteiger partial charge in [0.05, 0.1) is 13.7 Å². The van der Waals surface area contributed by atoms with E-state index in [2.05, 4.69) is 39.0 Å². The third kappa shape index (κ3) is 4.51. The molecule has 0 saturated heterocycles. The fraction of sp³-hybridized carbons (Fsp3) is 0.375. The van der Waals surface area contributed by atoms with E-state index >= 15 is 0 Å². The van der Waals surface area contributed by atoms with E-state index in [1.807, 2.05) is 13.0 Å². The molecule has 22 heavy (non-hydrogen) atoms. The third-order valence-electron chi connectivity index (χ3n) is 3.33. The molecule has 0 amide bonds. The number of hydrogen-bond donors (Lipinski definition) is 2. The molecule has 2 N–H and O–H groups in total. The summed E-state index contributed by atoms with van der Waals surface area (Å²) in [5, 5.41) is 10.3. The van der Waals surface area contributed by atoms with E-state index in [-0.39, 0.29) is 0 Å². The van der Waals surface area contributed by atoms with E-state index in [0.717, 1.165) is 35.9 Å². The van der Waals surface area contributed by atoms with E-state index in [1.54, 1.807) is 20.4 Å². The Morgan fingerprint density at radius 3 is 2.86 bits per heavy atom. The van der Waals surface area contributed by atoms with Crippen LogP contribution in [0.3, 0.4) is 0 Å². The van der Waals surface area contributed by atoms with Gasteiger partial charge in [0, 0.05) is 19.7 Å². The average Bonchev–Trinajstić information content (AvgIpc) is 3.05. The number of aromatic nitrogens is 1. The molecular weight excluding hydrogens is 280 g/mol. The highest BCUT2D eigenvalue weighted by Gasteiger charge is 2.02. The molecule has 0 unspecified atom stereocenters. The molecule has 0 aliphatic rings. The highest BCUT2D eigenvalue weighted by Crippen LogP contribution is 2.18. The van der Waals surface area contributed by atoms with E-state index in [0.29, 0.717) is 6.54 Å². The molecule has 2 aromatic rings. The first-order valence-electron chi connectivity index (χ1n) is 7.20. The lowest BCUT2D eigenvalue weighted by Crippen LogP contribution is -2.37. The molecule has 1 aromatic heterocycles. The molecule has 6 nitrogen and oxygen atoms in total. The molecule has 118 valence electrons. The van der Waals surface area contributed by atoms with Crippen molar-refractivity contribution in [1.82, 2.24) is 15.8 Å². The standard InChI is InChI=1S/C16H22N4O2/c1-12-4-5-13(10-15(12)21-3)6-8-18-16(17-2)19-11-14-7-9-22-20-14/h4-5,7,9-10H,6,8,11H2,1-3H3,(H2,17,18,19). The van der Waals surface area contributed by atoms with Crippen LogP contribution < -0.4 is 15.4 Å². The molecule has 1 aromatic carbocycles. The van der Waals surface area contributed by atoms with Gasteiger partial charge in [0.25, 0.3) is 0 Å². The molecule has 0 aliphatic heterocycles. The van der Waals surface area contributed by atoms with Gasteiger partial charge in [-0.15, -0.1) is 0 Å². The highest BCUT2D eigenvalue weighted by molar-refractivity contribution is 5.79. The smallest absolute Gasteiger partial charge is 0.191 e. The first-order chi connectivity index (χ1) is 10.7. The van der Waals surface area contributed by atoms with Crippen LogP contribution in [0, 0.1) is 6.92 Å². The second-order valence-electron chi connectivity index (χ2n) is 4.90. The summed E-state index contributed by atoms with van der Waals surface area (Å²) in [6.07, 6.45) is 2.44. The maximum absolute atomic E-state index is 5.34. The third-order valence-corrected chi connectivity index (χ3v) is 3.33. The Hall–Kier alpha value is -2.50. The monoisotopic (exact) mass is 302 g/mol. The Balaban J connectivity index is 1.79. The van der Waals surface area contributed by atoms with Crippen LogP contribution in [0.5, 0.6) is 5.75 Å². The summed E-state index contributed by atoms with van der Waals surface area (Å²) in [7, 11) is 3.44. The number of hydrogen-bond acceptors (Lipinski definition) is 4. The topological polar surface area (TPSA) is 71.7 Å². The zero-order valence-corrected chi connectivity index (χ0v) is 13.2. The number of aryl methyl sites for hydroxylation is 1. The predicted octanol–water partition coefficient (Wildman–Crippen LogP) is 1.90. The summed E-state index contributed by atoms with van der Waals surface area (Å²) in [6.45, 7) is 3.40. The quantitative estimate of drug-likeness (QED) is 0.630. The molecule has 0 bridgehead atoms. The van der Waals surface area contributed by atoms with Crippen LogP contribution in [0.15, 0.2) is 40.0 Å². The predicted molar refractivity (Wildman–Crippen MR) is 86.1 cm³/mol. The maximum Gasteiger partial charge on any atom is 0.191 e.